The number of aryl methyl sites for hydroxylation is 1. The lowest BCUT2D eigenvalue weighted by molar-refractivity contribution is 0.432. The molecule has 0 radical (unpaired) electrons. The van der Waals surface area contributed by atoms with Crippen molar-refractivity contribution >= 4 is 23.1 Å². The summed E-state index contributed by atoms with van der Waals surface area (Å²) in [5.74, 6) is 2.01. The van der Waals surface area contributed by atoms with Gasteiger partial charge >= 0.3 is 0 Å². The van der Waals surface area contributed by atoms with Gasteiger partial charge in [-0.2, -0.15) is 4.98 Å². The molecule has 2 aromatic heterocycles. The highest BCUT2D eigenvalue weighted by atomic mass is 35.5. The average molecular weight is 432 g/mol. The Bertz CT molecular complexity index is 1150. The van der Waals surface area contributed by atoms with Crippen molar-refractivity contribution in [2.24, 2.45) is 0 Å². The van der Waals surface area contributed by atoms with Crippen molar-refractivity contribution < 1.29 is 4.52 Å². The molecule has 1 aliphatic rings. The van der Waals surface area contributed by atoms with Crippen LogP contribution in [0.2, 0.25) is 5.02 Å². The first-order valence-corrected chi connectivity index (χ1v) is 10.7. The van der Waals surface area contributed by atoms with Crippen LogP contribution in [0.1, 0.15) is 5.56 Å². The molecule has 0 aliphatic carbocycles. The minimum atomic E-state index is 0.474. The second kappa shape index (κ2) is 8.40. The van der Waals surface area contributed by atoms with Crippen LogP contribution in [0.25, 0.3) is 22.8 Å². The normalized spacial score (nSPS) is 14.1. The van der Waals surface area contributed by atoms with Crippen LogP contribution in [0.4, 0.5) is 11.5 Å². The molecule has 6 nitrogen and oxygen atoms in total. The van der Waals surface area contributed by atoms with Crippen molar-refractivity contribution in [2.75, 3.05) is 36.0 Å². The summed E-state index contributed by atoms with van der Waals surface area (Å²) in [6.07, 6.45) is 1.80. The summed E-state index contributed by atoms with van der Waals surface area (Å²) in [6, 6.07) is 20.1. The Morgan fingerprint density at radius 3 is 2.16 bits per heavy atom. The molecular weight excluding hydrogens is 410 g/mol. The number of hydrogen-bond donors (Lipinski definition) is 0. The Morgan fingerprint density at radius 2 is 1.48 bits per heavy atom. The van der Waals surface area contributed by atoms with Crippen molar-refractivity contribution in [2.45, 2.75) is 6.92 Å². The molecule has 0 atom stereocenters. The maximum atomic E-state index is 6.00. The SMILES string of the molecule is Cc1ccc(-c2noc(-c3ccc(N4CCN(c5ccc(Cl)cc5)CC4)nc3)n2)cc1. The summed E-state index contributed by atoms with van der Waals surface area (Å²) in [6.45, 7) is 5.75. The smallest absolute Gasteiger partial charge is 0.259 e. The van der Waals surface area contributed by atoms with Crippen LogP contribution in [-0.4, -0.2) is 41.3 Å². The van der Waals surface area contributed by atoms with Gasteiger partial charge in [-0.3, -0.25) is 0 Å². The number of anilines is 2. The standard InChI is InChI=1S/C24H22ClN5O/c1-17-2-4-18(5-3-17)23-27-24(31-28-23)19-6-11-22(26-16-19)30-14-12-29(13-15-30)21-9-7-20(25)8-10-21/h2-11,16H,12-15H2,1H3. The Balaban J connectivity index is 1.24. The van der Waals surface area contributed by atoms with E-state index in [1.807, 2.05) is 48.5 Å². The van der Waals surface area contributed by atoms with E-state index in [9.17, 15) is 0 Å². The Morgan fingerprint density at radius 1 is 0.806 bits per heavy atom. The van der Waals surface area contributed by atoms with E-state index in [2.05, 4.69) is 44.0 Å². The van der Waals surface area contributed by atoms with Crippen LogP contribution in [0, 0.1) is 6.92 Å². The largest absolute Gasteiger partial charge is 0.368 e. The minimum absolute atomic E-state index is 0.474. The number of hydrogen-bond acceptors (Lipinski definition) is 6. The van der Waals surface area contributed by atoms with Crippen molar-refractivity contribution in [1.82, 2.24) is 15.1 Å². The molecule has 1 aliphatic heterocycles. The zero-order chi connectivity index (χ0) is 21.2. The van der Waals surface area contributed by atoms with Gasteiger partial charge in [0, 0.05) is 48.6 Å². The van der Waals surface area contributed by atoms with Gasteiger partial charge in [0.1, 0.15) is 5.82 Å². The summed E-state index contributed by atoms with van der Waals surface area (Å²) in [4.78, 5) is 13.8. The molecule has 0 unspecified atom stereocenters. The van der Waals surface area contributed by atoms with Crippen LogP contribution in [-0.2, 0) is 0 Å². The highest BCUT2D eigenvalue weighted by molar-refractivity contribution is 6.30. The molecule has 3 heterocycles. The number of halogens is 1. The Labute approximate surface area is 186 Å². The van der Waals surface area contributed by atoms with Gasteiger partial charge in [0.15, 0.2) is 0 Å². The lowest BCUT2D eigenvalue weighted by Gasteiger charge is -2.36. The lowest BCUT2D eigenvalue weighted by Crippen LogP contribution is -2.46. The summed E-state index contributed by atoms with van der Waals surface area (Å²) >= 11 is 6.00. The van der Waals surface area contributed by atoms with Crippen LogP contribution < -0.4 is 9.80 Å². The maximum Gasteiger partial charge on any atom is 0.259 e. The number of nitrogens with zero attached hydrogens (tertiary/aromatic N) is 5. The maximum absolute atomic E-state index is 6.00. The number of piperazine rings is 1. The van der Waals surface area contributed by atoms with Crippen molar-refractivity contribution in [1.29, 1.82) is 0 Å². The minimum Gasteiger partial charge on any atom is -0.368 e. The summed E-state index contributed by atoms with van der Waals surface area (Å²) < 4.78 is 5.46. The van der Waals surface area contributed by atoms with E-state index in [4.69, 9.17) is 16.1 Å². The summed E-state index contributed by atoms with van der Waals surface area (Å²) in [7, 11) is 0. The van der Waals surface area contributed by atoms with Gasteiger partial charge in [-0.1, -0.05) is 46.6 Å². The zero-order valence-corrected chi connectivity index (χ0v) is 18.0. The predicted octanol–water partition coefficient (Wildman–Crippen LogP) is 5.09. The average Bonchev–Trinajstić information content (AvgIpc) is 3.31. The van der Waals surface area contributed by atoms with Crippen LogP contribution in [0.5, 0.6) is 0 Å². The highest BCUT2D eigenvalue weighted by Gasteiger charge is 2.19. The van der Waals surface area contributed by atoms with E-state index < -0.39 is 0 Å². The molecule has 1 fully saturated rings. The van der Waals surface area contributed by atoms with E-state index in [-0.39, 0.29) is 0 Å². The monoisotopic (exact) mass is 431 g/mol. The first-order valence-electron chi connectivity index (χ1n) is 10.3. The quantitative estimate of drug-likeness (QED) is 0.448. The molecule has 0 saturated carbocycles. The molecule has 156 valence electrons. The fourth-order valence-corrected chi connectivity index (χ4v) is 3.83. The van der Waals surface area contributed by atoms with Crippen LogP contribution >= 0.6 is 11.6 Å². The van der Waals surface area contributed by atoms with Gasteiger partial charge in [-0.05, 0) is 43.3 Å². The fraction of sp³-hybridized carbons (Fsp3) is 0.208. The molecule has 0 bridgehead atoms. The zero-order valence-electron chi connectivity index (χ0n) is 17.2. The second-order valence-corrected chi connectivity index (χ2v) is 8.08. The molecule has 0 amide bonds. The van der Waals surface area contributed by atoms with Crippen LogP contribution in [0.3, 0.4) is 0 Å². The van der Waals surface area contributed by atoms with Crippen molar-refractivity contribution in [3.05, 3.63) is 77.4 Å². The molecule has 1 saturated heterocycles. The fourth-order valence-electron chi connectivity index (χ4n) is 3.71. The van der Waals surface area contributed by atoms with Crippen LogP contribution in [0.15, 0.2) is 71.4 Å². The van der Waals surface area contributed by atoms with Crippen molar-refractivity contribution in [3.8, 4) is 22.8 Å². The van der Waals surface area contributed by atoms with Gasteiger partial charge in [-0.15, -0.1) is 0 Å². The third kappa shape index (κ3) is 4.25. The first-order chi connectivity index (χ1) is 15.2. The Kier molecular flexibility index (Phi) is 5.30. The van der Waals surface area contributed by atoms with E-state index in [1.54, 1.807) is 6.20 Å². The third-order valence-corrected chi connectivity index (χ3v) is 5.78. The van der Waals surface area contributed by atoms with Gasteiger partial charge in [-0.25, -0.2) is 4.98 Å². The van der Waals surface area contributed by atoms with E-state index >= 15 is 0 Å². The van der Waals surface area contributed by atoms with E-state index in [1.165, 1.54) is 11.3 Å². The number of benzene rings is 2. The molecule has 4 aromatic rings. The van der Waals surface area contributed by atoms with Gasteiger partial charge in [0.25, 0.3) is 5.89 Å². The van der Waals surface area contributed by atoms with E-state index in [0.29, 0.717) is 11.7 Å². The first kappa shape index (κ1) is 19.6. The molecule has 0 spiro atoms. The van der Waals surface area contributed by atoms with Gasteiger partial charge in [0.05, 0.1) is 5.56 Å². The lowest BCUT2D eigenvalue weighted by atomic mass is 10.1. The second-order valence-electron chi connectivity index (χ2n) is 7.64. The highest BCUT2D eigenvalue weighted by Crippen LogP contribution is 2.25. The molecule has 31 heavy (non-hydrogen) atoms. The third-order valence-electron chi connectivity index (χ3n) is 5.53. The number of aromatic nitrogens is 3. The topological polar surface area (TPSA) is 58.3 Å². The van der Waals surface area contributed by atoms with Gasteiger partial charge in [0.2, 0.25) is 5.82 Å². The Hall–Kier alpha value is -3.38. The number of rotatable bonds is 4. The number of pyridine rings is 1. The molecule has 0 N–H and O–H groups in total. The van der Waals surface area contributed by atoms with Crippen molar-refractivity contribution in [3.63, 3.8) is 0 Å². The molecule has 5 rings (SSSR count). The van der Waals surface area contributed by atoms with E-state index in [0.717, 1.165) is 48.1 Å². The summed E-state index contributed by atoms with van der Waals surface area (Å²) in [5, 5.41) is 4.87. The molecule has 2 aromatic carbocycles. The summed E-state index contributed by atoms with van der Waals surface area (Å²) in [5.41, 5.74) is 4.15. The molecule has 7 heteroatoms. The predicted molar refractivity (Wildman–Crippen MR) is 124 cm³/mol. The molecular formula is C24H22ClN5O. The van der Waals surface area contributed by atoms with Gasteiger partial charge < -0.3 is 14.3 Å².